The van der Waals surface area contributed by atoms with Crippen LogP contribution < -0.4 is 0 Å². The minimum Gasteiger partial charge on any atom is -0.103 e. The molecule has 0 radical (unpaired) electrons. The van der Waals surface area contributed by atoms with Gasteiger partial charge in [0.05, 0.1) is 0 Å². The second kappa shape index (κ2) is 18.0. The summed E-state index contributed by atoms with van der Waals surface area (Å²) < 4.78 is 0. The van der Waals surface area contributed by atoms with Crippen LogP contribution in [0.1, 0.15) is 57.8 Å². The lowest BCUT2D eigenvalue weighted by Gasteiger charge is -2.33. The summed E-state index contributed by atoms with van der Waals surface area (Å²) >= 11 is 0. The van der Waals surface area contributed by atoms with Crippen molar-refractivity contribution in [1.82, 2.24) is 0 Å². The molecular formula is C36H54. The summed E-state index contributed by atoms with van der Waals surface area (Å²) in [5, 5.41) is 0. The van der Waals surface area contributed by atoms with Gasteiger partial charge in [0.25, 0.3) is 0 Å². The summed E-state index contributed by atoms with van der Waals surface area (Å²) in [6.07, 6.45) is 29.9. The Hall–Kier alpha value is -2.34. The molecule has 3 rings (SSSR count). The smallest absolute Gasteiger partial charge is 0.0110 e. The Morgan fingerprint density at radius 2 is 0.750 bits per heavy atom. The third kappa shape index (κ3) is 9.96. The van der Waals surface area contributed by atoms with Crippen LogP contribution in [0.25, 0.3) is 0 Å². The van der Waals surface area contributed by atoms with Crippen molar-refractivity contribution < 1.29 is 0 Å². The average Bonchev–Trinajstić information content (AvgIpc) is 2.96. The van der Waals surface area contributed by atoms with Gasteiger partial charge in [0.15, 0.2) is 0 Å². The van der Waals surface area contributed by atoms with Gasteiger partial charge in [0.1, 0.15) is 0 Å². The molecule has 5 atom stereocenters. The van der Waals surface area contributed by atoms with E-state index in [4.69, 9.17) is 0 Å². The van der Waals surface area contributed by atoms with Gasteiger partial charge < -0.3 is 0 Å². The van der Waals surface area contributed by atoms with Crippen molar-refractivity contribution in [1.29, 1.82) is 0 Å². The van der Waals surface area contributed by atoms with Crippen molar-refractivity contribution in [3.05, 3.63) is 114 Å². The first kappa shape index (κ1) is 31.7. The molecule has 3 aliphatic carbocycles. The molecule has 3 saturated carbocycles. The fraction of sp³-hybridized carbons (Fsp3) is 0.500. The molecule has 0 heterocycles. The van der Waals surface area contributed by atoms with Gasteiger partial charge in [0, 0.05) is 0 Å². The second-order valence-corrected chi connectivity index (χ2v) is 10.8. The quantitative estimate of drug-likeness (QED) is 0.284. The van der Waals surface area contributed by atoms with Gasteiger partial charge in [-0.1, -0.05) is 61.1 Å². The van der Waals surface area contributed by atoms with Crippen LogP contribution in [0.5, 0.6) is 0 Å². The van der Waals surface area contributed by atoms with E-state index in [1.165, 1.54) is 57.8 Å². The van der Waals surface area contributed by atoms with Crippen molar-refractivity contribution in [2.75, 3.05) is 0 Å². The molecule has 0 amide bonds. The van der Waals surface area contributed by atoms with Crippen molar-refractivity contribution in [2.45, 2.75) is 57.8 Å². The van der Waals surface area contributed by atoms with E-state index in [9.17, 15) is 0 Å². The summed E-state index contributed by atoms with van der Waals surface area (Å²) in [4.78, 5) is 0. The molecule has 36 heavy (non-hydrogen) atoms. The molecule has 0 aromatic heterocycles. The standard InChI is InChI=1S/3C12H18/c1-4-10-7-11(5-2)9-12(6-3)8-10;1-4-10-7-8-11(5-2)12(6-3)9-10;1-4-10-8-7-9-11(5-2)12(10)6-3/h3*4-6,10-12H,1-3,7-9H2. The fourth-order valence-corrected chi connectivity index (χ4v) is 6.26. The predicted octanol–water partition coefficient (Wildman–Crippen LogP) is 10.7. The molecule has 0 aliphatic heterocycles. The highest BCUT2D eigenvalue weighted by atomic mass is 14.3. The van der Waals surface area contributed by atoms with E-state index < -0.39 is 0 Å². The van der Waals surface area contributed by atoms with Crippen molar-refractivity contribution in [3.8, 4) is 0 Å². The van der Waals surface area contributed by atoms with Crippen molar-refractivity contribution >= 4 is 0 Å². The lowest BCUT2D eigenvalue weighted by molar-refractivity contribution is 0.273. The zero-order valence-electron chi connectivity index (χ0n) is 23.1. The van der Waals surface area contributed by atoms with E-state index in [1.54, 1.807) is 0 Å². The highest BCUT2D eigenvalue weighted by Gasteiger charge is 2.27. The average molecular weight is 487 g/mol. The van der Waals surface area contributed by atoms with E-state index in [0.717, 1.165) is 0 Å². The SMILES string of the molecule is C=CC1CC(C=C)CC(C=C)C1.C=CC1CCC(C=C)C(C=C)C1.C=CC1CCCC(C=C)C1C=C. The summed E-state index contributed by atoms with van der Waals surface area (Å²) in [7, 11) is 0. The predicted molar refractivity (Wildman–Crippen MR) is 165 cm³/mol. The van der Waals surface area contributed by atoms with Gasteiger partial charge in [-0.05, 0) is 105 Å². The van der Waals surface area contributed by atoms with Crippen LogP contribution in [0, 0.1) is 53.3 Å². The highest BCUT2D eigenvalue weighted by Crippen LogP contribution is 2.37. The third-order valence-corrected chi connectivity index (χ3v) is 8.69. The molecule has 0 spiro atoms. The molecule has 3 aliphatic rings. The zero-order chi connectivity index (χ0) is 26.9. The number of hydrogen-bond donors (Lipinski definition) is 0. The van der Waals surface area contributed by atoms with E-state index in [-0.39, 0.29) is 0 Å². The molecule has 0 bridgehead atoms. The van der Waals surface area contributed by atoms with Crippen LogP contribution >= 0.6 is 0 Å². The first-order chi connectivity index (χ1) is 17.4. The maximum Gasteiger partial charge on any atom is -0.0110 e. The normalized spacial score (nSPS) is 35.5. The minimum atomic E-state index is 0.578. The second-order valence-electron chi connectivity index (χ2n) is 10.8. The Balaban J connectivity index is 0.000000270. The van der Waals surface area contributed by atoms with E-state index in [1.807, 2.05) is 0 Å². The van der Waals surface area contributed by atoms with Crippen LogP contribution in [0.3, 0.4) is 0 Å². The topological polar surface area (TPSA) is 0 Å². The van der Waals surface area contributed by atoms with Gasteiger partial charge in [-0.3, -0.25) is 0 Å². The molecular weight excluding hydrogens is 432 g/mol. The highest BCUT2D eigenvalue weighted by molar-refractivity contribution is 5.03. The molecule has 198 valence electrons. The van der Waals surface area contributed by atoms with Crippen LogP contribution in [0.4, 0.5) is 0 Å². The first-order valence-corrected chi connectivity index (χ1v) is 14.1. The molecule has 0 saturated heterocycles. The lowest BCUT2D eigenvalue weighted by Crippen LogP contribution is -2.23. The number of rotatable bonds is 9. The molecule has 0 N–H and O–H groups in total. The zero-order valence-corrected chi connectivity index (χ0v) is 23.1. The van der Waals surface area contributed by atoms with E-state index in [2.05, 4.69) is 114 Å². The van der Waals surface area contributed by atoms with Crippen LogP contribution in [-0.4, -0.2) is 0 Å². The molecule has 0 nitrogen and oxygen atoms in total. The van der Waals surface area contributed by atoms with Crippen LogP contribution in [-0.2, 0) is 0 Å². The summed E-state index contributed by atoms with van der Waals surface area (Å²) in [5.74, 6) is 5.81. The number of allylic oxidation sites excluding steroid dienone is 9. The summed E-state index contributed by atoms with van der Waals surface area (Å²) in [6, 6.07) is 0. The minimum absolute atomic E-state index is 0.578. The monoisotopic (exact) mass is 486 g/mol. The van der Waals surface area contributed by atoms with Gasteiger partial charge in [-0.25, -0.2) is 0 Å². The lowest BCUT2D eigenvalue weighted by atomic mass is 9.72. The molecule has 0 aromatic rings. The fourth-order valence-electron chi connectivity index (χ4n) is 6.26. The first-order valence-electron chi connectivity index (χ1n) is 14.1. The van der Waals surface area contributed by atoms with Crippen LogP contribution in [0.15, 0.2) is 114 Å². The van der Waals surface area contributed by atoms with Crippen molar-refractivity contribution in [3.63, 3.8) is 0 Å². The summed E-state index contributed by atoms with van der Waals surface area (Å²) in [6.45, 7) is 34.8. The van der Waals surface area contributed by atoms with Gasteiger partial charge in [0.2, 0.25) is 0 Å². The Kier molecular flexibility index (Phi) is 15.8. The maximum absolute atomic E-state index is 3.89. The number of hydrogen-bond acceptors (Lipinski definition) is 0. The maximum atomic E-state index is 3.89. The Labute approximate surface area is 224 Å². The van der Waals surface area contributed by atoms with Crippen LogP contribution in [0.2, 0.25) is 0 Å². The molecule has 0 aromatic carbocycles. The Morgan fingerprint density at radius 3 is 1.08 bits per heavy atom. The van der Waals surface area contributed by atoms with Gasteiger partial charge in [-0.15, -0.1) is 59.2 Å². The van der Waals surface area contributed by atoms with Gasteiger partial charge >= 0.3 is 0 Å². The largest absolute Gasteiger partial charge is 0.103 e. The van der Waals surface area contributed by atoms with Gasteiger partial charge in [-0.2, -0.15) is 0 Å². The Morgan fingerprint density at radius 1 is 0.333 bits per heavy atom. The van der Waals surface area contributed by atoms with E-state index >= 15 is 0 Å². The summed E-state index contributed by atoms with van der Waals surface area (Å²) in [5.41, 5.74) is 0. The third-order valence-electron chi connectivity index (χ3n) is 8.69. The molecule has 5 unspecified atom stereocenters. The molecule has 3 fully saturated rings. The van der Waals surface area contributed by atoms with E-state index in [0.29, 0.717) is 53.3 Å². The Bertz CT molecular complexity index is 672. The van der Waals surface area contributed by atoms with Crippen molar-refractivity contribution in [2.24, 2.45) is 53.3 Å². The molecule has 0 heteroatoms.